The molecule has 2 rings (SSSR count). The zero-order valence-electron chi connectivity index (χ0n) is 9.31. The van der Waals surface area contributed by atoms with Crippen LogP contribution in [0.25, 0.3) is 0 Å². The van der Waals surface area contributed by atoms with Gasteiger partial charge in [0, 0.05) is 15.2 Å². The van der Waals surface area contributed by atoms with Crippen molar-refractivity contribution in [2.45, 2.75) is 4.90 Å². The molecule has 100 valence electrons. The predicted octanol–water partition coefficient (Wildman–Crippen LogP) is 4.93. The minimum Gasteiger partial charge on any atom is -0.456 e. The SMILES string of the molecule is O=S(=O)(Cl)c1ccc(Oc2ccc(Br)cc2Br)cc1. The molecule has 0 spiro atoms. The van der Waals surface area contributed by atoms with Gasteiger partial charge >= 0.3 is 0 Å². The Balaban J connectivity index is 2.25. The summed E-state index contributed by atoms with van der Waals surface area (Å²) in [6.07, 6.45) is 0. The van der Waals surface area contributed by atoms with Gasteiger partial charge in [-0.1, -0.05) is 15.9 Å². The van der Waals surface area contributed by atoms with E-state index in [9.17, 15) is 8.42 Å². The van der Waals surface area contributed by atoms with Crippen LogP contribution in [0, 0.1) is 0 Å². The second kappa shape index (κ2) is 5.83. The zero-order chi connectivity index (χ0) is 14.0. The molecular weight excluding hydrogens is 419 g/mol. The summed E-state index contributed by atoms with van der Waals surface area (Å²) in [6, 6.07) is 11.4. The van der Waals surface area contributed by atoms with Crippen molar-refractivity contribution >= 4 is 51.6 Å². The molecule has 0 radical (unpaired) electrons. The van der Waals surface area contributed by atoms with Crippen molar-refractivity contribution in [2.75, 3.05) is 0 Å². The largest absolute Gasteiger partial charge is 0.456 e. The van der Waals surface area contributed by atoms with Crippen molar-refractivity contribution in [3.63, 3.8) is 0 Å². The summed E-state index contributed by atoms with van der Waals surface area (Å²) in [7, 11) is 1.53. The topological polar surface area (TPSA) is 43.4 Å². The van der Waals surface area contributed by atoms with E-state index in [-0.39, 0.29) is 4.90 Å². The molecule has 0 saturated heterocycles. The summed E-state index contributed by atoms with van der Waals surface area (Å²) in [4.78, 5) is 0.0383. The van der Waals surface area contributed by atoms with Crippen LogP contribution in [0.3, 0.4) is 0 Å². The van der Waals surface area contributed by atoms with Gasteiger partial charge in [-0.2, -0.15) is 0 Å². The maximum absolute atomic E-state index is 11.1. The highest BCUT2D eigenvalue weighted by atomic mass is 79.9. The molecule has 7 heteroatoms. The van der Waals surface area contributed by atoms with Gasteiger partial charge in [-0.05, 0) is 58.4 Å². The van der Waals surface area contributed by atoms with E-state index < -0.39 is 9.05 Å². The fraction of sp³-hybridized carbons (Fsp3) is 0. The molecule has 0 N–H and O–H groups in total. The quantitative estimate of drug-likeness (QED) is 0.654. The van der Waals surface area contributed by atoms with E-state index in [4.69, 9.17) is 15.4 Å². The lowest BCUT2D eigenvalue weighted by atomic mass is 10.3. The molecule has 0 aliphatic heterocycles. The van der Waals surface area contributed by atoms with Gasteiger partial charge in [-0.15, -0.1) is 0 Å². The molecule has 0 aliphatic carbocycles. The predicted molar refractivity (Wildman–Crippen MR) is 81.4 cm³/mol. The Morgan fingerprint density at radius 2 is 1.63 bits per heavy atom. The lowest BCUT2D eigenvalue weighted by Crippen LogP contribution is -1.91. The third-order valence-corrected chi connectivity index (χ3v) is 4.71. The average Bonchev–Trinajstić information content (AvgIpc) is 2.32. The van der Waals surface area contributed by atoms with Gasteiger partial charge in [0.1, 0.15) is 11.5 Å². The first-order valence-corrected chi connectivity index (χ1v) is 8.93. The highest BCUT2D eigenvalue weighted by Gasteiger charge is 2.10. The lowest BCUT2D eigenvalue weighted by molar-refractivity contribution is 0.479. The smallest absolute Gasteiger partial charge is 0.261 e. The first-order valence-electron chi connectivity index (χ1n) is 5.04. The van der Waals surface area contributed by atoms with Crippen LogP contribution in [0.1, 0.15) is 0 Å². The van der Waals surface area contributed by atoms with Crippen molar-refractivity contribution in [3.8, 4) is 11.5 Å². The Hall–Kier alpha value is -0.560. The normalized spacial score (nSPS) is 11.3. The molecular formula is C12H7Br2ClO3S. The van der Waals surface area contributed by atoms with E-state index in [0.717, 1.165) is 8.95 Å². The van der Waals surface area contributed by atoms with Gasteiger partial charge in [0.25, 0.3) is 9.05 Å². The summed E-state index contributed by atoms with van der Waals surface area (Å²) in [5, 5.41) is 0. The van der Waals surface area contributed by atoms with Crippen molar-refractivity contribution in [2.24, 2.45) is 0 Å². The molecule has 0 saturated carbocycles. The highest BCUT2D eigenvalue weighted by Crippen LogP contribution is 2.32. The number of halogens is 3. The molecule has 0 unspecified atom stereocenters. The Morgan fingerprint density at radius 1 is 1.00 bits per heavy atom. The van der Waals surface area contributed by atoms with Crippen molar-refractivity contribution in [1.29, 1.82) is 0 Å². The molecule has 0 aliphatic rings. The van der Waals surface area contributed by atoms with Crippen molar-refractivity contribution < 1.29 is 13.2 Å². The standard InChI is InChI=1S/C12H7Br2ClO3S/c13-8-1-6-12(11(14)7-8)18-9-2-4-10(5-3-9)19(15,16)17/h1-7H. The first-order chi connectivity index (χ1) is 8.86. The van der Waals surface area contributed by atoms with E-state index in [2.05, 4.69) is 31.9 Å². The Bertz CT molecular complexity index is 699. The van der Waals surface area contributed by atoms with Crippen LogP contribution in [0.15, 0.2) is 56.3 Å². The van der Waals surface area contributed by atoms with E-state index in [1.54, 1.807) is 18.2 Å². The third-order valence-electron chi connectivity index (χ3n) is 2.23. The van der Waals surface area contributed by atoms with E-state index in [1.165, 1.54) is 12.1 Å². The minimum atomic E-state index is -3.71. The van der Waals surface area contributed by atoms with E-state index in [1.807, 2.05) is 12.1 Å². The van der Waals surface area contributed by atoms with Crippen LogP contribution in [0.5, 0.6) is 11.5 Å². The van der Waals surface area contributed by atoms with Gasteiger partial charge in [0.15, 0.2) is 0 Å². The van der Waals surface area contributed by atoms with Gasteiger partial charge in [0.05, 0.1) is 9.37 Å². The summed E-state index contributed by atoms with van der Waals surface area (Å²) in [5.41, 5.74) is 0. The molecule has 2 aromatic rings. The maximum atomic E-state index is 11.1. The number of rotatable bonds is 3. The van der Waals surface area contributed by atoms with E-state index in [0.29, 0.717) is 11.5 Å². The number of benzene rings is 2. The van der Waals surface area contributed by atoms with E-state index >= 15 is 0 Å². The third kappa shape index (κ3) is 3.95. The van der Waals surface area contributed by atoms with Crippen LogP contribution in [0.4, 0.5) is 0 Å². The molecule has 0 fully saturated rings. The summed E-state index contributed by atoms with van der Waals surface area (Å²) >= 11 is 6.72. The second-order valence-electron chi connectivity index (χ2n) is 3.59. The molecule has 0 bridgehead atoms. The summed E-state index contributed by atoms with van der Waals surface area (Å²) in [5.74, 6) is 1.15. The fourth-order valence-corrected chi connectivity index (χ4v) is 3.25. The lowest BCUT2D eigenvalue weighted by Gasteiger charge is -2.08. The monoisotopic (exact) mass is 424 g/mol. The van der Waals surface area contributed by atoms with Crippen LogP contribution < -0.4 is 4.74 Å². The average molecular weight is 427 g/mol. The van der Waals surface area contributed by atoms with Crippen molar-refractivity contribution in [3.05, 3.63) is 51.4 Å². The Labute approximate surface area is 132 Å². The Morgan fingerprint density at radius 3 is 2.16 bits per heavy atom. The highest BCUT2D eigenvalue weighted by molar-refractivity contribution is 9.11. The first kappa shape index (κ1) is 14.8. The number of hydrogen-bond donors (Lipinski definition) is 0. The molecule has 0 atom stereocenters. The molecule has 0 heterocycles. The van der Waals surface area contributed by atoms with Crippen LogP contribution in [-0.4, -0.2) is 8.42 Å². The Kier molecular flexibility index (Phi) is 4.55. The second-order valence-corrected chi connectivity index (χ2v) is 7.92. The molecule has 2 aromatic carbocycles. The van der Waals surface area contributed by atoms with Gasteiger partial charge < -0.3 is 4.74 Å². The fourth-order valence-electron chi connectivity index (χ4n) is 1.36. The van der Waals surface area contributed by atoms with Crippen LogP contribution in [-0.2, 0) is 9.05 Å². The van der Waals surface area contributed by atoms with Crippen LogP contribution in [0.2, 0.25) is 0 Å². The number of ether oxygens (including phenoxy) is 1. The number of hydrogen-bond acceptors (Lipinski definition) is 3. The van der Waals surface area contributed by atoms with Gasteiger partial charge in [0.2, 0.25) is 0 Å². The summed E-state index contributed by atoms with van der Waals surface area (Å²) < 4.78 is 29.6. The van der Waals surface area contributed by atoms with Gasteiger partial charge in [-0.25, -0.2) is 8.42 Å². The summed E-state index contributed by atoms with van der Waals surface area (Å²) in [6.45, 7) is 0. The van der Waals surface area contributed by atoms with Crippen LogP contribution >= 0.6 is 42.5 Å². The zero-order valence-corrected chi connectivity index (χ0v) is 14.1. The molecule has 0 aromatic heterocycles. The molecule has 3 nitrogen and oxygen atoms in total. The molecule has 0 amide bonds. The van der Waals surface area contributed by atoms with Gasteiger partial charge in [-0.3, -0.25) is 0 Å². The minimum absolute atomic E-state index is 0.0383. The van der Waals surface area contributed by atoms with Crippen molar-refractivity contribution in [1.82, 2.24) is 0 Å². The molecule has 19 heavy (non-hydrogen) atoms. The maximum Gasteiger partial charge on any atom is 0.261 e.